The fourth-order valence-corrected chi connectivity index (χ4v) is 2.93. The molecular weight excluding hydrogens is 220 g/mol. The number of fused-ring (bicyclic) bond motifs is 1. The lowest BCUT2D eigenvalue weighted by Gasteiger charge is -2.21. The molecule has 17 heavy (non-hydrogen) atoms. The number of aromatic nitrogens is 1. The fourth-order valence-electron chi connectivity index (χ4n) is 2.93. The van der Waals surface area contributed by atoms with E-state index in [-0.39, 0.29) is 0 Å². The first-order chi connectivity index (χ1) is 8.25. The molecular formula is C14H15F2N. The van der Waals surface area contributed by atoms with E-state index in [9.17, 15) is 8.78 Å². The van der Waals surface area contributed by atoms with Crippen LogP contribution in [0.3, 0.4) is 0 Å². The zero-order chi connectivity index (χ0) is 11.8. The standard InChI is InChI=1S/C14H15F2N/c15-10-6-11-12(9-4-2-1-3-5-9)8-17-14(11)13(16)7-10/h6-9,17H,1-5H2. The lowest BCUT2D eigenvalue weighted by atomic mass is 9.84. The van der Waals surface area contributed by atoms with E-state index in [4.69, 9.17) is 0 Å². The number of hydrogen-bond acceptors (Lipinski definition) is 0. The van der Waals surface area contributed by atoms with Crippen LogP contribution >= 0.6 is 0 Å². The van der Waals surface area contributed by atoms with E-state index < -0.39 is 11.6 Å². The van der Waals surface area contributed by atoms with E-state index in [0.29, 0.717) is 11.4 Å². The Bertz CT molecular complexity index is 538. The number of halogens is 2. The smallest absolute Gasteiger partial charge is 0.150 e. The van der Waals surface area contributed by atoms with E-state index in [1.54, 1.807) is 0 Å². The van der Waals surface area contributed by atoms with Gasteiger partial charge >= 0.3 is 0 Å². The Hall–Kier alpha value is -1.38. The summed E-state index contributed by atoms with van der Waals surface area (Å²) in [5.41, 5.74) is 1.52. The normalized spacial score (nSPS) is 17.8. The van der Waals surface area contributed by atoms with Gasteiger partial charge in [0.25, 0.3) is 0 Å². The predicted molar refractivity (Wildman–Crippen MR) is 64.0 cm³/mol. The maximum Gasteiger partial charge on any atom is 0.150 e. The summed E-state index contributed by atoms with van der Waals surface area (Å²) in [6, 6.07) is 2.38. The van der Waals surface area contributed by atoms with Crippen LogP contribution in [0, 0.1) is 11.6 Å². The summed E-state index contributed by atoms with van der Waals surface area (Å²) in [4.78, 5) is 2.94. The Morgan fingerprint density at radius 3 is 2.59 bits per heavy atom. The molecule has 1 N–H and O–H groups in total. The first-order valence-corrected chi connectivity index (χ1v) is 6.22. The Kier molecular flexibility index (Phi) is 2.61. The fraction of sp³-hybridized carbons (Fsp3) is 0.429. The second-order valence-corrected chi connectivity index (χ2v) is 4.89. The zero-order valence-corrected chi connectivity index (χ0v) is 9.60. The van der Waals surface area contributed by atoms with Crippen molar-refractivity contribution in [2.75, 3.05) is 0 Å². The largest absolute Gasteiger partial charge is 0.359 e. The average molecular weight is 235 g/mol. The molecule has 0 unspecified atom stereocenters. The van der Waals surface area contributed by atoms with Gasteiger partial charge in [-0.2, -0.15) is 0 Å². The van der Waals surface area contributed by atoms with Crippen LogP contribution in [-0.4, -0.2) is 4.98 Å². The van der Waals surface area contributed by atoms with Crippen molar-refractivity contribution in [3.8, 4) is 0 Å². The van der Waals surface area contributed by atoms with Gasteiger partial charge in [0, 0.05) is 17.6 Å². The third-order valence-corrected chi connectivity index (χ3v) is 3.78. The molecule has 3 rings (SSSR count). The molecule has 0 saturated heterocycles. The number of benzene rings is 1. The summed E-state index contributed by atoms with van der Waals surface area (Å²) in [5, 5.41) is 0.717. The molecule has 0 radical (unpaired) electrons. The topological polar surface area (TPSA) is 15.8 Å². The maximum absolute atomic E-state index is 13.6. The van der Waals surface area contributed by atoms with Gasteiger partial charge in [-0.1, -0.05) is 19.3 Å². The van der Waals surface area contributed by atoms with Crippen molar-refractivity contribution in [3.63, 3.8) is 0 Å². The summed E-state index contributed by atoms with van der Waals surface area (Å²) in [6.45, 7) is 0. The van der Waals surface area contributed by atoms with Crippen molar-refractivity contribution in [2.24, 2.45) is 0 Å². The minimum Gasteiger partial charge on any atom is -0.359 e. The number of aromatic amines is 1. The lowest BCUT2D eigenvalue weighted by molar-refractivity contribution is 0.445. The highest BCUT2D eigenvalue weighted by Crippen LogP contribution is 2.37. The van der Waals surface area contributed by atoms with E-state index in [2.05, 4.69) is 4.98 Å². The average Bonchev–Trinajstić information content (AvgIpc) is 2.74. The quantitative estimate of drug-likeness (QED) is 0.749. The van der Waals surface area contributed by atoms with Gasteiger partial charge in [0.05, 0.1) is 5.52 Å². The second kappa shape index (κ2) is 4.13. The van der Waals surface area contributed by atoms with Crippen molar-refractivity contribution in [3.05, 3.63) is 35.5 Å². The van der Waals surface area contributed by atoms with Gasteiger partial charge in [0.2, 0.25) is 0 Å². The number of rotatable bonds is 1. The predicted octanol–water partition coefficient (Wildman–Crippen LogP) is 4.49. The van der Waals surface area contributed by atoms with Gasteiger partial charge in [0.1, 0.15) is 11.6 Å². The number of nitrogens with one attached hydrogen (secondary N) is 1. The molecule has 0 amide bonds. The second-order valence-electron chi connectivity index (χ2n) is 4.89. The minimum atomic E-state index is -0.498. The monoisotopic (exact) mass is 235 g/mol. The summed E-state index contributed by atoms with van der Waals surface area (Å²) in [5.74, 6) is -0.535. The van der Waals surface area contributed by atoms with Crippen molar-refractivity contribution in [1.82, 2.24) is 4.98 Å². The van der Waals surface area contributed by atoms with Crippen LogP contribution in [0.2, 0.25) is 0 Å². The molecule has 0 spiro atoms. The van der Waals surface area contributed by atoms with Crippen LogP contribution in [0.4, 0.5) is 8.78 Å². The molecule has 1 aromatic heterocycles. The maximum atomic E-state index is 13.6. The molecule has 0 aliphatic heterocycles. The Morgan fingerprint density at radius 2 is 1.82 bits per heavy atom. The molecule has 90 valence electrons. The summed E-state index contributed by atoms with van der Waals surface area (Å²) in [6.07, 6.45) is 7.82. The number of H-pyrrole nitrogens is 1. The van der Waals surface area contributed by atoms with Crippen LogP contribution in [0.5, 0.6) is 0 Å². The summed E-state index contributed by atoms with van der Waals surface area (Å²) < 4.78 is 26.8. The van der Waals surface area contributed by atoms with Crippen LogP contribution in [-0.2, 0) is 0 Å². The van der Waals surface area contributed by atoms with Crippen LogP contribution in [0.15, 0.2) is 18.3 Å². The Balaban J connectivity index is 2.10. The third kappa shape index (κ3) is 1.84. The van der Waals surface area contributed by atoms with E-state index >= 15 is 0 Å². The van der Waals surface area contributed by atoms with E-state index in [1.807, 2.05) is 6.20 Å². The molecule has 0 atom stereocenters. The minimum absolute atomic E-state index is 0.437. The van der Waals surface area contributed by atoms with Crippen molar-refractivity contribution in [2.45, 2.75) is 38.0 Å². The molecule has 1 aliphatic rings. The highest BCUT2D eigenvalue weighted by Gasteiger charge is 2.20. The van der Waals surface area contributed by atoms with Crippen LogP contribution in [0.25, 0.3) is 10.9 Å². The summed E-state index contributed by atoms with van der Waals surface area (Å²) >= 11 is 0. The Labute approximate surface area is 98.8 Å². The van der Waals surface area contributed by atoms with E-state index in [1.165, 1.54) is 25.3 Å². The van der Waals surface area contributed by atoms with E-state index in [0.717, 1.165) is 29.9 Å². The van der Waals surface area contributed by atoms with Gasteiger partial charge in [-0.3, -0.25) is 0 Å². The molecule has 1 aliphatic carbocycles. The van der Waals surface area contributed by atoms with Gasteiger partial charge in [-0.05, 0) is 30.4 Å². The molecule has 1 nitrogen and oxygen atoms in total. The van der Waals surface area contributed by atoms with Crippen molar-refractivity contribution in [1.29, 1.82) is 0 Å². The zero-order valence-electron chi connectivity index (χ0n) is 9.60. The summed E-state index contributed by atoms with van der Waals surface area (Å²) in [7, 11) is 0. The molecule has 1 saturated carbocycles. The lowest BCUT2D eigenvalue weighted by Crippen LogP contribution is -2.03. The molecule has 1 heterocycles. The molecule has 1 fully saturated rings. The molecule has 0 bridgehead atoms. The molecule has 2 aromatic rings. The van der Waals surface area contributed by atoms with Gasteiger partial charge in [0.15, 0.2) is 0 Å². The van der Waals surface area contributed by atoms with Gasteiger partial charge in [-0.15, -0.1) is 0 Å². The van der Waals surface area contributed by atoms with Crippen molar-refractivity contribution < 1.29 is 8.78 Å². The highest BCUT2D eigenvalue weighted by molar-refractivity contribution is 5.84. The van der Waals surface area contributed by atoms with Crippen LogP contribution < -0.4 is 0 Å². The molecule has 1 aromatic carbocycles. The third-order valence-electron chi connectivity index (χ3n) is 3.78. The highest BCUT2D eigenvalue weighted by atomic mass is 19.1. The number of hydrogen-bond donors (Lipinski definition) is 1. The molecule has 3 heteroatoms. The first-order valence-electron chi connectivity index (χ1n) is 6.22. The van der Waals surface area contributed by atoms with Gasteiger partial charge in [-0.25, -0.2) is 8.78 Å². The van der Waals surface area contributed by atoms with Gasteiger partial charge < -0.3 is 4.98 Å². The van der Waals surface area contributed by atoms with Crippen LogP contribution in [0.1, 0.15) is 43.6 Å². The SMILES string of the molecule is Fc1cc(F)c2[nH]cc(C3CCCCC3)c2c1. The Morgan fingerprint density at radius 1 is 1.06 bits per heavy atom. The van der Waals surface area contributed by atoms with Crippen molar-refractivity contribution >= 4 is 10.9 Å². The first kappa shape index (κ1) is 10.8.